The first-order chi connectivity index (χ1) is 9.51. The number of anilines is 1. The number of ether oxygens (including phenoxy) is 1. The summed E-state index contributed by atoms with van der Waals surface area (Å²) in [6, 6.07) is 11.1. The van der Waals surface area contributed by atoms with Crippen LogP contribution in [0.3, 0.4) is 0 Å². The third-order valence-corrected chi connectivity index (χ3v) is 4.22. The van der Waals surface area contributed by atoms with Crippen LogP contribution in [0.1, 0.15) is 18.5 Å². The molecule has 0 aromatic heterocycles. The standard InChI is InChI=1S/C15H15BrClNO2/c1-9(10-3-6-14(19)15(7-10)20-2)18-11-4-5-13(17)12(16)8-11/h3-9,18-19H,1-2H3. The van der Waals surface area contributed by atoms with E-state index in [2.05, 4.69) is 21.2 Å². The number of hydrogen-bond acceptors (Lipinski definition) is 3. The maximum Gasteiger partial charge on any atom is 0.160 e. The summed E-state index contributed by atoms with van der Waals surface area (Å²) in [5.41, 5.74) is 1.98. The molecule has 0 aliphatic rings. The lowest BCUT2D eigenvalue weighted by molar-refractivity contribution is 0.373. The summed E-state index contributed by atoms with van der Waals surface area (Å²) in [5.74, 6) is 0.603. The maximum absolute atomic E-state index is 9.61. The molecule has 0 amide bonds. The zero-order valence-corrected chi connectivity index (χ0v) is 13.5. The number of rotatable bonds is 4. The third-order valence-electron chi connectivity index (χ3n) is 3.01. The normalized spacial score (nSPS) is 12.0. The molecule has 1 unspecified atom stereocenters. The van der Waals surface area contributed by atoms with Crippen molar-refractivity contribution in [2.75, 3.05) is 12.4 Å². The molecule has 2 aromatic carbocycles. The van der Waals surface area contributed by atoms with E-state index in [0.717, 1.165) is 15.7 Å². The van der Waals surface area contributed by atoms with Crippen LogP contribution in [0.2, 0.25) is 5.02 Å². The molecule has 3 nitrogen and oxygen atoms in total. The Balaban J connectivity index is 2.19. The molecule has 0 heterocycles. The van der Waals surface area contributed by atoms with Crippen molar-refractivity contribution in [1.29, 1.82) is 0 Å². The number of aromatic hydroxyl groups is 1. The van der Waals surface area contributed by atoms with Gasteiger partial charge in [-0.25, -0.2) is 0 Å². The second kappa shape index (κ2) is 6.37. The Bertz CT molecular complexity index is 619. The lowest BCUT2D eigenvalue weighted by atomic mass is 10.1. The summed E-state index contributed by atoms with van der Waals surface area (Å²) in [4.78, 5) is 0. The Morgan fingerprint density at radius 3 is 2.65 bits per heavy atom. The quantitative estimate of drug-likeness (QED) is 0.811. The Morgan fingerprint density at radius 1 is 1.25 bits per heavy atom. The summed E-state index contributed by atoms with van der Waals surface area (Å²) in [6.45, 7) is 2.04. The molecule has 0 saturated heterocycles. The van der Waals surface area contributed by atoms with Crippen LogP contribution in [-0.4, -0.2) is 12.2 Å². The summed E-state index contributed by atoms with van der Waals surface area (Å²) in [6.07, 6.45) is 0. The van der Waals surface area contributed by atoms with E-state index in [1.54, 1.807) is 6.07 Å². The fourth-order valence-corrected chi connectivity index (χ4v) is 2.38. The van der Waals surface area contributed by atoms with Crippen molar-refractivity contribution in [1.82, 2.24) is 0 Å². The maximum atomic E-state index is 9.61. The molecule has 0 saturated carbocycles. The fourth-order valence-electron chi connectivity index (χ4n) is 1.88. The van der Waals surface area contributed by atoms with Crippen LogP contribution in [-0.2, 0) is 0 Å². The number of nitrogens with one attached hydrogen (secondary N) is 1. The predicted molar refractivity (Wildman–Crippen MR) is 85.8 cm³/mol. The molecule has 2 aromatic rings. The largest absolute Gasteiger partial charge is 0.504 e. The molecule has 0 aliphatic heterocycles. The summed E-state index contributed by atoms with van der Waals surface area (Å²) in [5, 5.41) is 13.7. The van der Waals surface area contributed by atoms with E-state index < -0.39 is 0 Å². The van der Waals surface area contributed by atoms with Crippen LogP contribution in [0, 0.1) is 0 Å². The molecule has 0 bridgehead atoms. The van der Waals surface area contributed by atoms with E-state index in [1.165, 1.54) is 7.11 Å². The highest BCUT2D eigenvalue weighted by Gasteiger charge is 2.10. The average Bonchev–Trinajstić information content (AvgIpc) is 2.43. The van der Waals surface area contributed by atoms with Gasteiger partial charge in [-0.2, -0.15) is 0 Å². The molecule has 2 rings (SSSR count). The zero-order valence-electron chi connectivity index (χ0n) is 11.2. The number of methoxy groups -OCH3 is 1. The van der Waals surface area contributed by atoms with Gasteiger partial charge in [0.15, 0.2) is 11.5 Å². The lowest BCUT2D eigenvalue weighted by Crippen LogP contribution is -2.06. The molecule has 0 radical (unpaired) electrons. The van der Waals surface area contributed by atoms with Gasteiger partial charge in [0, 0.05) is 16.2 Å². The van der Waals surface area contributed by atoms with Crippen molar-refractivity contribution in [2.45, 2.75) is 13.0 Å². The van der Waals surface area contributed by atoms with Gasteiger partial charge in [0.25, 0.3) is 0 Å². The highest BCUT2D eigenvalue weighted by atomic mass is 79.9. The van der Waals surface area contributed by atoms with Gasteiger partial charge in [-0.3, -0.25) is 0 Å². The van der Waals surface area contributed by atoms with Crippen molar-refractivity contribution >= 4 is 33.2 Å². The third kappa shape index (κ3) is 3.38. The summed E-state index contributed by atoms with van der Waals surface area (Å²) in [7, 11) is 1.53. The van der Waals surface area contributed by atoms with Crippen LogP contribution >= 0.6 is 27.5 Å². The molecule has 1 atom stereocenters. The fraction of sp³-hybridized carbons (Fsp3) is 0.200. The highest BCUT2D eigenvalue weighted by molar-refractivity contribution is 9.10. The number of halogens is 2. The summed E-state index contributed by atoms with van der Waals surface area (Å²) >= 11 is 9.37. The lowest BCUT2D eigenvalue weighted by Gasteiger charge is -2.17. The number of benzene rings is 2. The second-order valence-corrected chi connectivity index (χ2v) is 5.69. The number of phenols is 1. The Morgan fingerprint density at radius 2 is 2.00 bits per heavy atom. The van der Waals surface area contributed by atoms with Crippen LogP contribution < -0.4 is 10.1 Å². The minimum atomic E-state index is 0.0672. The molecule has 106 valence electrons. The van der Waals surface area contributed by atoms with Gasteiger partial charge in [0.05, 0.1) is 12.1 Å². The first-order valence-corrected chi connectivity index (χ1v) is 7.27. The monoisotopic (exact) mass is 355 g/mol. The molecule has 0 spiro atoms. The minimum Gasteiger partial charge on any atom is -0.504 e. The van der Waals surface area contributed by atoms with Gasteiger partial charge in [0.2, 0.25) is 0 Å². The molecule has 0 aliphatic carbocycles. The smallest absolute Gasteiger partial charge is 0.160 e. The highest BCUT2D eigenvalue weighted by Crippen LogP contribution is 2.31. The molecule has 0 fully saturated rings. The Kier molecular flexibility index (Phi) is 4.78. The van der Waals surface area contributed by atoms with Gasteiger partial charge in [-0.05, 0) is 58.7 Å². The molecule has 5 heteroatoms. The van der Waals surface area contributed by atoms with Gasteiger partial charge >= 0.3 is 0 Å². The molecular weight excluding hydrogens is 342 g/mol. The van der Waals surface area contributed by atoms with E-state index in [0.29, 0.717) is 10.8 Å². The van der Waals surface area contributed by atoms with Crippen molar-refractivity contribution < 1.29 is 9.84 Å². The van der Waals surface area contributed by atoms with Crippen LogP contribution in [0.25, 0.3) is 0 Å². The molecule has 20 heavy (non-hydrogen) atoms. The van der Waals surface area contributed by atoms with Gasteiger partial charge in [-0.1, -0.05) is 17.7 Å². The van der Waals surface area contributed by atoms with E-state index >= 15 is 0 Å². The number of hydrogen-bond donors (Lipinski definition) is 2. The van der Waals surface area contributed by atoms with Gasteiger partial charge in [-0.15, -0.1) is 0 Å². The van der Waals surface area contributed by atoms with Crippen LogP contribution in [0.4, 0.5) is 5.69 Å². The molecule has 2 N–H and O–H groups in total. The van der Waals surface area contributed by atoms with Crippen molar-refractivity contribution in [2.24, 2.45) is 0 Å². The Hall–Kier alpha value is -1.39. The minimum absolute atomic E-state index is 0.0672. The first kappa shape index (κ1) is 15.0. The topological polar surface area (TPSA) is 41.5 Å². The van der Waals surface area contributed by atoms with Crippen LogP contribution in [0.5, 0.6) is 11.5 Å². The van der Waals surface area contributed by atoms with E-state index in [4.69, 9.17) is 16.3 Å². The first-order valence-electron chi connectivity index (χ1n) is 6.09. The number of phenolic OH excluding ortho intramolecular Hbond substituents is 1. The van der Waals surface area contributed by atoms with Crippen molar-refractivity contribution in [3.8, 4) is 11.5 Å². The van der Waals surface area contributed by atoms with E-state index in [-0.39, 0.29) is 11.8 Å². The van der Waals surface area contributed by atoms with Crippen molar-refractivity contribution in [3.05, 3.63) is 51.5 Å². The zero-order chi connectivity index (χ0) is 14.7. The van der Waals surface area contributed by atoms with E-state index in [9.17, 15) is 5.11 Å². The van der Waals surface area contributed by atoms with Gasteiger partial charge in [0.1, 0.15) is 0 Å². The predicted octanol–water partition coefficient (Wildman–Crippen LogP) is 4.99. The van der Waals surface area contributed by atoms with Gasteiger partial charge < -0.3 is 15.2 Å². The average molecular weight is 357 g/mol. The second-order valence-electron chi connectivity index (χ2n) is 4.43. The van der Waals surface area contributed by atoms with Crippen LogP contribution in [0.15, 0.2) is 40.9 Å². The molecular formula is C15H15BrClNO2. The SMILES string of the molecule is COc1cc(C(C)Nc2ccc(Cl)c(Br)c2)ccc1O. The Labute approximate surface area is 131 Å². The van der Waals surface area contributed by atoms with Crippen molar-refractivity contribution in [3.63, 3.8) is 0 Å². The van der Waals surface area contributed by atoms with E-state index in [1.807, 2.05) is 37.3 Å². The summed E-state index contributed by atoms with van der Waals surface area (Å²) < 4.78 is 5.97.